The van der Waals surface area contributed by atoms with Crippen molar-refractivity contribution in [2.45, 2.75) is 0 Å². The quantitative estimate of drug-likeness (QED) is 0.328. The lowest BCUT2D eigenvalue weighted by molar-refractivity contribution is -0.143. The predicted octanol–water partition coefficient (Wildman–Crippen LogP) is -0.309. The Morgan fingerprint density at radius 2 is 2.27 bits per heavy atom. The lowest BCUT2D eigenvalue weighted by Crippen LogP contribution is -2.19. The van der Waals surface area contributed by atoms with Gasteiger partial charge in [0.1, 0.15) is 6.61 Å². The third-order valence-electron chi connectivity index (χ3n) is 0.893. The molecule has 0 aromatic carbocycles. The molecule has 0 aliphatic rings. The molecule has 0 radical (unpaired) electrons. The van der Waals surface area contributed by atoms with Gasteiger partial charge in [-0.1, -0.05) is 6.08 Å². The number of nitrogens with two attached hydrogens (primary N) is 1. The second kappa shape index (κ2) is 7.24. The summed E-state index contributed by atoms with van der Waals surface area (Å²) in [5, 5.41) is 0. The van der Waals surface area contributed by atoms with Gasteiger partial charge < -0.3 is 15.2 Å². The summed E-state index contributed by atoms with van der Waals surface area (Å²) in [6, 6.07) is 0. The fourth-order valence-electron chi connectivity index (χ4n) is 0.440. The minimum absolute atomic E-state index is 0.0819. The Bertz CT molecular complexity index is 125. The van der Waals surface area contributed by atoms with Crippen LogP contribution in [0.4, 0.5) is 0 Å². The maximum absolute atomic E-state index is 10.4. The number of hydrogen-bond acceptors (Lipinski definition) is 4. The van der Waals surface area contributed by atoms with E-state index in [1.807, 2.05) is 0 Å². The summed E-state index contributed by atoms with van der Waals surface area (Å²) in [5.74, 6) is -0.410. The maximum Gasteiger partial charge on any atom is 0.319 e. The number of esters is 1. The second-order valence-corrected chi connectivity index (χ2v) is 1.79. The molecule has 0 saturated carbocycles. The van der Waals surface area contributed by atoms with E-state index in [1.165, 1.54) is 0 Å². The molecule has 0 aromatic rings. The van der Waals surface area contributed by atoms with Crippen molar-refractivity contribution in [3.8, 4) is 0 Å². The van der Waals surface area contributed by atoms with Gasteiger partial charge in [-0.2, -0.15) is 0 Å². The van der Waals surface area contributed by atoms with Crippen LogP contribution in [0.2, 0.25) is 0 Å². The van der Waals surface area contributed by atoms with Gasteiger partial charge in [-0.25, -0.2) is 0 Å². The maximum atomic E-state index is 10.4. The molecule has 0 spiro atoms. The molecule has 0 unspecified atom stereocenters. The van der Waals surface area contributed by atoms with Crippen LogP contribution in [-0.2, 0) is 14.3 Å². The summed E-state index contributed by atoms with van der Waals surface area (Å²) in [5.41, 5.74) is 4.98. The molecule has 4 nitrogen and oxygen atoms in total. The first kappa shape index (κ1) is 10.1. The molecule has 0 saturated heterocycles. The van der Waals surface area contributed by atoms with E-state index in [2.05, 4.69) is 11.3 Å². The topological polar surface area (TPSA) is 61.5 Å². The fraction of sp³-hybridized carbons (Fsp3) is 0.571. The third-order valence-corrected chi connectivity index (χ3v) is 0.893. The molecular weight excluding hydrogens is 146 g/mol. The molecule has 11 heavy (non-hydrogen) atoms. The SMILES string of the molecule is C=CCOCCOC(=O)CN. The van der Waals surface area contributed by atoms with Crippen LogP contribution in [0.25, 0.3) is 0 Å². The van der Waals surface area contributed by atoms with Gasteiger partial charge in [-0.05, 0) is 0 Å². The smallest absolute Gasteiger partial charge is 0.319 e. The van der Waals surface area contributed by atoms with Crippen LogP contribution in [-0.4, -0.2) is 32.3 Å². The van der Waals surface area contributed by atoms with Crippen LogP contribution in [0.5, 0.6) is 0 Å². The van der Waals surface area contributed by atoms with Crippen molar-refractivity contribution in [1.29, 1.82) is 0 Å². The zero-order valence-corrected chi connectivity index (χ0v) is 6.41. The molecule has 0 heterocycles. The first-order valence-corrected chi connectivity index (χ1v) is 3.35. The molecule has 0 bridgehead atoms. The van der Waals surface area contributed by atoms with Gasteiger partial charge in [0, 0.05) is 0 Å². The monoisotopic (exact) mass is 159 g/mol. The first-order chi connectivity index (χ1) is 5.31. The van der Waals surface area contributed by atoms with E-state index in [0.29, 0.717) is 13.2 Å². The number of carbonyl (C=O) groups is 1. The summed E-state index contributed by atoms with van der Waals surface area (Å²) in [6.45, 7) is 4.49. The molecule has 0 fully saturated rings. The summed E-state index contributed by atoms with van der Waals surface area (Å²) < 4.78 is 9.56. The van der Waals surface area contributed by atoms with E-state index in [0.717, 1.165) is 0 Å². The van der Waals surface area contributed by atoms with Crippen molar-refractivity contribution in [1.82, 2.24) is 0 Å². The Kier molecular flexibility index (Phi) is 6.67. The molecule has 0 rings (SSSR count). The number of ether oxygens (including phenoxy) is 2. The highest BCUT2D eigenvalue weighted by Crippen LogP contribution is 1.79. The highest BCUT2D eigenvalue weighted by atomic mass is 16.6. The molecule has 0 atom stereocenters. The Morgan fingerprint density at radius 1 is 1.55 bits per heavy atom. The lowest BCUT2D eigenvalue weighted by atomic mass is 10.6. The molecule has 0 aromatic heterocycles. The van der Waals surface area contributed by atoms with E-state index in [-0.39, 0.29) is 13.2 Å². The average Bonchev–Trinajstić information content (AvgIpc) is 2.04. The van der Waals surface area contributed by atoms with E-state index in [9.17, 15) is 4.79 Å². The Labute approximate surface area is 66.0 Å². The van der Waals surface area contributed by atoms with Crippen molar-refractivity contribution in [2.24, 2.45) is 5.73 Å². The molecular formula is C7H13NO3. The largest absolute Gasteiger partial charge is 0.462 e. The van der Waals surface area contributed by atoms with Crippen LogP contribution in [0.3, 0.4) is 0 Å². The zero-order chi connectivity index (χ0) is 8.53. The minimum atomic E-state index is -0.410. The second-order valence-electron chi connectivity index (χ2n) is 1.79. The van der Waals surface area contributed by atoms with Crippen LogP contribution in [0.15, 0.2) is 12.7 Å². The van der Waals surface area contributed by atoms with Gasteiger partial charge in [0.05, 0.1) is 19.8 Å². The van der Waals surface area contributed by atoms with Gasteiger partial charge in [0.15, 0.2) is 0 Å². The summed E-state index contributed by atoms with van der Waals surface area (Å²) in [4.78, 5) is 10.4. The number of hydrogen-bond donors (Lipinski definition) is 1. The Morgan fingerprint density at radius 3 is 2.82 bits per heavy atom. The minimum Gasteiger partial charge on any atom is -0.462 e. The summed E-state index contributed by atoms with van der Waals surface area (Å²) in [6.07, 6.45) is 1.63. The predicted molar refractivity (Wildman–Crippen MR) is 41.0 cm³/mol. The van der Waals surface area contributed by atoms with E-state index < -0.39 is 5.97 Å². The highest BCUT2D eigenvalue weighted by molar-refractivity contribution is 5.71. The lowest BCUT2D eigenvalue weighted by Gasteiger charge is -2.02. The van der Waals surface area contributed by atoms with Gasteiger partial charge in [-0.3, -0.25) is 4.79 Å². The molecule has 0 aliphatic carbocycles. The number of rotatable bonds is 6. The van der Waals surface area contributed by atoms with Gasteiger partial charge in [-0.15, -0.1) is 6.58 Å². The van der Waals surface area contributed by atoms with Crippen LogP contribution in [0.1, 0.15) is 0 Å². The van der Waals surface area contributed by atoms with Gasteiger partial charge in [0.25, 0.3) is 0 Å². The van der Waals surface area contributed by atoms with Crippen LogP contribution < -0.4 is 5.73 Å². The van der Waals surface area contributed by atoms with E-state index in [1.54, 1.807) is 6.08 Å². The Balaban J connectivity index is 3.01. The van der Waals surface area contributed by atoms with Crippen molar-refractivity contribution >= 4 is 5.97 Å². The van der Waals surface area contributed by atoms with Crippen molar-refractivity contribution in [3.05, 3.63) is 12.7 Å². The zero-order valence-electron chi connectivity index (χ0n) is 6.41. The van der Waals surface area contributed by atoms with E-state index in [4.69, 9.17) is 10.5 Å². The molecule has 0 amide bonds. The standard InChI is InChI=1S/C7H13NO3/c1-2-3-10-4-5-11-7(9)6-8/h2H,1,3-6,8H2. The molecule has 0 aliphatic heterocycles. The van der Waals surface area contributed by atoms with Crippen LogP contribution in [0, 0.1) is 0 Å². The Hall–Kier alpha value is -0.870. The first-order valence-electron chi connectivity index (χ1n) is 3.35. The van der Waals surface area contributed by atoms with Crippen molar-refractivity contribution < 1.29 is 14.3 Å². The summed E-state index contributed by atoms with van der Waals surface area (Å²) in [7, 11) is 0. The average molecular weight is 159 g/mol. The van der Waals surface area contributed by atoms with Gasteiger partial charge >= 0.3 is 5.97 Å². The molecule has 4 heteroatoms. The fourth-order valence-corrected chi connectivity index (χ4v) is 0.440. The van der Waals surface area contributed by atoms with E-state index >= 15 is 0 Å². The molecule has 64 valence electrons. The van der Waals surface area contributed by atoms with Crippen molar-refractivity contribution in [3.63, 3.8) is 0 Å². The highest BCUT2D eigenvalue weighted by Gasteiger charge is 1.95. The van der Waals surface area contributed by atoms with Crippen LogP contribution >= 0.6 is 0 Å². The van der Waals surface area contributed by atoms with Crippen molar-refractivity contribution in [2.75, 3.05) is 26.4 Å². The normalized spacial score (nSPS) is 9.18. The summed E-state index contributed by atoms with van der Waals surface area (Å²) >= 11 is 0. The molecule has 2 N–H and O–H groups in total. The van der Waals surface area contributed by atoms with Gasteiger partial charge in [0.2, 0.25) is 0 Å². The third kappa shape index (κ3) is 7.02. The number of carbonyl (C=O) groups excluding carboxylic acids is 1.